The number of H-pyrrole nitrogens is 1. The largest absolute Gasteiger partial charge is 0.353 e. The summed E-state index contributed by atoms with van der Waals surface area (Å²) in [5, 5.41) is 0.567. The average molecular weight is 337 g/mol. The summed E-state index contributed by atoms with van der Waals surface area (Å²) < 4.78 is 0. The minimum atomic E-state index is -0.140. The van der Waals surface area contributed by atoms with Crippen molar-refractivity contribution in [2.24, 2.45) is 0 Å². The van der Waals surface area contributed by atoms with Crippen molar-refractivity contribution in [1.82, 2.24) is 24.9 Å². The number of fused-ring (bicyclic) bond motifs is 1. The van der Waals surface area contributed by atoms with Crippen molar-refractivity contribution < 1.29 is 0 Å². The Hall–Kier alpha value is -3.03. The Bertz CT molecular complexity index is 956. The van der Waals surface area contributed by atoms with Gasteiger partial charge in [-0.2, -0.15) is 0 Å². The molecule has 0 unspecified atom stereocenters. The Kier molecular flexibility index (Phi) is 3.79. The standard InChI is InChI=1S/C17H19N7O/c1-11-9-14(22-12(2)21-11)23-5-7-24(8-6-23)16-15-13(3-4-18-16)17(25)20-10-19-15/h3-4,9-10H,5-8H2,1-2H3,(H,19,20,25). The lowest BCUT2D eigenvalue weighted by atomic mass is 10.2. The maximum atomic E-state index is 12.0. The quantitative estimate of drug-likeness (QED) is 0.747. The number of aromatic amines is 1. The summed E-state index contributed by atoms with van der Waals surface area (Å²) in [6, 6.07) is 3.72. The van der Waals surface area contributed by atoms with Gasteiger partial charge in [-0.15, -0.1) is 0 Å². The summed E-state index contributed by atoms with van der Waals surface area (Å²) in [6.45, 7) is 7.15. The molecule has 1 fully saturated rings. The Morgan fingerprint density at radius 2 is 1.80 bits per heavy atom. The van der Waals surface area contributed by atoms with Crippen LogP contribution in [0.1, 0.15) is 11.5 Å². The average Bonchev–Trinajstić information content (AvgIpc) is 2.61. The summed E-state index contributed by atoms with van der Waals surface area (Å²) >= 11 is 0. The third kappa shape index (κ3) is 2.90. The molecule has 1 aliphatic heterocycles. The smallest absolute Gasteiger partial charge is 0.258 e. The van der Waals surface area contributed by atoms with Gasteiger partial charge in [0.1, 0.15) is 17.2 Å². The highest BCUT2D eigenvalue weighted by Gasteiger charge is 2.21. The molecule has 1 aliphatic rings. The molecule has 0 aliphatic carbocycles. The minimum Gasteiger partial charge on any atom is -0.353 e. The highest BCUT2D eigenvalue weighted by atomic mass is 16.1. The van der Waals surface area contributed by atoms with Crippen LogP contribution in [0.3, 0.4) is 0 Å². The molecule has 3 aromatic heterocycles. The van der Waals surface area contributed by atoms with Crippen LogP contribution in [0.4, 0.5) is 11.6 Å². The fraction of sp³-hybridized carbons (Fsp3) is 0.353. The van der Waals surface area contributed by atoms with Crippen LogP contribution in [0.2, 0.25) is 0 Å². The number of piperazine rings is 1. The van der Waals surface area contributed by atoms with Crippen molar-refractivity contribution in [3.63, 3.8) is 0 Å². The molecule has 4 heterocycles. The van der Waals surface area contributed by atoms with Crippen LogP contribution in [0.25, 0.3) is 10.9 Å². The van der Waals surface area contributed by atoms with Crippen LogP contribution in [-0.4, -0.2) is 51.1 Å². The van der Waals surface area contributed by atoms with Gasteiger partial charge in [0.15, 0.2) is 5.82 Å². The molecule has 25 heavy (non-hydrogen) atoms. The lowest BCUT2D eigenvalue weighted by Crippen LogP contribution is -2.47. The van der Waals surface area contributed by atoms with Crippen molar-refractivity contribution in [2.45, 2.75) is 13.8 Å². The van der Waals surface area contributed by atoms with Gasteiger partial charge in [-0.25, -0.2) is 19.9 Å². The predicted molar refractivity (Wildman–Crippen MR) is 96.1 cm³/mol. The lowest BCUT2D eigenvalue weighted by molar-refractivity contribution is 0.641. The van der Waals surface area contributed by atoms with Crippen LogP contribution in [-0.2, 0) is 0 Å². The van der Waals surface area contributed by atoms with Crippen molar-refractivity contribution in [3.8, 4) is 0 Å². The molecule has 3 aromatic rings. The minimum absolute atomic E-state index is 0.140. The van der Waals surface area contributed by atoms with Gasteiger partial charge in [0, 0.05) is 44.1 Å². The van der Waals surface area contributed by atoms with Crippen LogP contribution >= 0.6 is 0 Å². The zero-order chi connectivity index (χ0) is 17.4. The number of aromatic nitrogens is 5. The molecular weight excluding hydrogens is 318 g/mol. The van der Waals surface area contributed by atoms with E-state index in [-0.39, 0.29) is 5.56 Å². The maximum Gasteiger partial charge on any atom is 0.258 e. The number of nitrogens with one attached hydrogen (secondary N) is 1. The van der Waals surface area contributed by atoms with Gasteiger partial charge in [-0.05, 0) is 19.9 Å². The first-order valence-corrected chi connectivity index (χ1v) is 8.26. The molecule has 8 heteroatoms. The van der Waals surface area contributed by atoms with Gasteiger partial charge in [0.05, 0.1) is 11.7 Å². The zero-order valence-corrected chi connectivity index (χ0v) is 14.2. The van der Waals surface area contributed by atoms with Crippen molar-refractivity contribution in [2.75, 3.05) is 36.0 Å². The van der Waals surface area contributed by atoms with Gasteiger partial charge >= 0.3 is 0 Å². The summed E-state index contributed by atoms with van der Waals surface area (Å²) in [6.07, 6.45) is 3.09. The van der Waals surface area contributed by atoms with E-state index in [0.717, 1.165) is 49.3 Å². The monoisotopic (exact) mass is 337 g/mol. The first kappa shape index (κ1) is 15.5. The second kappa shape index (κ2) is 6.12. The molecule has 8 nitrogen and oxygen atoms in total. The van der Waals surface area contributed by atoms with E-state index < -0.39 is 0 Å². The Balaban J connectivity index is 1.58. The predicted octanol–water partition coefficient (Wildman–Crippen LogP) is 1.05. The van der Waals surface area contributed by atoms with Gasteiger partial charge in [-0.3, -0.25) is 4.79 Å². The first-order valence-electron chi connectivity index (χ1n) is 8.26. The molecular formula is C17H19N7O. The van der Waals surface area contributed by atoms with Crippen LogP contribution in [0, 0.1) is 13.8 Å². The fourth-order valence-corrected chi connectivity index (χ4v) is 3.22. The van der Waals surface area contributed by atoms with Crippen molar-refractivity contribution in [3.05, 3.63) is 46.5 Å². The van der Waals surface area contributed by atoms with Crippen LogP contribution in [0.15, 0.2) is 29.5 Å². The third-order valence-electron chi connectivity index (χ3n) is 4.39. The molecule has 0 amide bonds. The SMILES string of the molecule is Cc1cc(N2CCN(c3nccc4c(=O)[nH]cnc34)CC2)nc(C)n1. The Morgan fingerprint density at radius 1 is 1.04 bits per heavy atom. The van der Waals surface area contributed by atoms with E-state index in [1.165, 1.54) is 6.33 Å². The molecule has 0 spiro atoms. The number of nitrogens with zero attached hydrogens (tertiary/aromatic N) is 6. The Labute approximate surface area is 144 Å². The highest BCUT2D eigenvalue weighted by molar-refractivity contribution is 5.87. The summed E-state index contributed by atoms with van der Waals surface area (Å²) in [7, 11) is 0. The van der Waals surface area contributed by atoms with Gasteiger partial charge in [-0.1, -0.05) is 0 Å². The number of hydrogen-bond acceptors (Lipinski definition) is 7. The van der Waals surface area contributed by atoms with E-state index in [4.69, 9.17) is 0 Å². The Morgan fingerprint density at radius 3 is 2.56 bits per heavy atom. The number of rotatable bonds is 2. The van der Waals surface area contributed by atoms with E-state index in [0.29, 0.717) is 10.9 Å². The van der Waals surface area contributed by atoms with E-state index in [9.17, 15) is 4.79 Å². The molecule has 0 aromatic carbocycles. The first-order chi connectivity index (χ1) is 12.1. The van der Waals surface area contributed by atoms with Gasteiger partial charge in [0.25, 0.3) is 5.56 Å². The molecule has 0 bridgehead atoms. The van der Waals surface area contributed by atoms with Gasteiger partial charge in [0.2, 0.25) is 0 Å². The molecule has 0 saturated carbocycles. The number of hydrogen-bond donors (Lipinski definition) is 1. The fourth-order valence-electron chi connectivity index (χ4n) is 3.22. The third-order valence-corrected chi connectivity index (χ3v) is 4.39. The van der Waals surface area contributed by atoms with E-state index in [1.54, 1.807) is 12.3 Å². The molecule has 1 N–H and O–H groups in total. The molecule has 4 rings (SSSR count). The van der Waals surface area contributed by atoms with E-state index in [2.05, 4.69) is 34.7 Å². The summed E-state index contributed by atoms with van der Waals surface area (Å²) in [5.41, 5.74) is 1.48. The molecule has 0 radical (unpaired) electrons. The van der Waals surface area contributed by atoms with Crippen molar-refractivity contribution in [1.29, 1.82) is 0 Å². The second-order valence-corrected chi connectivity index (χ2v) is 6.15. The summed E-state index contributed by atoms with van der Waals surface area (Å²) in [4.78, 5) is 36.6. The maximum absolute atomic E-state index is 12.0. The normalized spacial score (nSPS) is 15.0. The molecule has 0 atom stereocenters. The second-order valence-electron chi connectivity index (χ2n) is 6.15. The van der Waals surface area contributed by atoms with E-state index >= 15 is 0 Å². The highest BCUT2D eigenvalue weighted by Crippen LogP contribution is 2.22. The van der Waals surface area contributed by atoms with Crippen molar-refractivity contribution >= 4 is 22.5 Å². The van der Waals surface area contributed by atoms with Crippen LogP contribution in [0.5, 0.6) is 0 Å². The number of aryl methyl sites for hydroxylation is 2. The topological polar surface area (TPSA) is 90.9 Å². The number of pyridine rings is 1. The van der Waals surface area contributed by atoms with E-state index in [1.807, 2.05) is 19.9 Å². The number of anilines is 2. The van der Waals surface area contributed by atoms with Gasteiger partial charge < -0.3 is 14.8 Å². The zero-order valence-electron chi connectivity index (χ0n) is 14.2. The van der Waals surface area contributed by atoms with Crippen LogP contribution < -0.4 is 15.4 Å². The molecule has 128 valence electrons. The molecule has 1 saturated heterocycles. The summed E-state index contributed by atoms with van der Waals surface area (Å²) in [5.74, 6) is 2.51. The lowest BCUT2D eigenvalue weighted by Gasteiger charge is -2.36.